The van der Waals surface area contributed by atoms with E-state index in [-0.39, 0.29) is 5.56 Å². The predicted molar refractivity (Wildman–Crippen MR) is 105 cm³/mol. The first kappa shape index (κ1) is 21.6. The summed E-state index contributed by atoms with van der Waals surface area (Å²) in [5.41, 5.74) is 0.199. The SMILES string of the molecule is CCC[CH2][Sn]([CH2]CCC)([CH2]CCC)[c]1c(C(F)(F)F)cc2cnccn12. The maximum absolute atomic E-state index is 14.0. The fraction of sp³-hybridized carbons (Fsp3) is 0.650. The van der Waals surface area contributed by atoms with Gasteiger partial charge in [0.2, 0.25) is 0 Å². The van der Waals surface area contributed by atoms with Crippen molar-refractivity contribution < 1.29 is 13.2 Å². The molecule has 0 bridgehead atoms. The summed E-state index contributed by atoms with van der Waals surface area (Å²) in [6.07, 6.45) is 6.89. The van der Waals surface area contributed by atoms with Crippen LogP contribution in [0.25, 0.3) is 5.52 Å². The average molecular weight is 475 g/mol. The summed E-state index contributed by atoms with van der Waals surface area (Å²) in [7, 11) is 0. The Labute approximate surface area is 159 Å². The van der Waals surface area contributed by atoms with Crippen molar-refractivity contribution in [3.63, 3.8) is 0 Å². The Kier molecular flexibility index (Phi) is 7.86. The van der Waals surface area contributed by atoms with Crippen molar-refractivity contribution in [3.8, 4) is 0 Å². The van der Waals surface area contributed by atoms with Gasteiger partial charge < -0.3 is 0 Å². The summed E-state index contributed by atoms with van der Waals surface area (Å²) in [4.78, 5) is 4.05. The quantitative estimate of drug-likeness (QED) is 0.363. The van der Waals surface area contributed by atoms with Crippen molar-refractivity contribution in [1.29, 1.82) is 0 Å². The van der Waals surface area contributed by atoms with Gasteiger partial charge in [0.05, 0.1) is 0 Å². The summed E-state index contributed by atoms with van der Waals surface area (Å²) in [6, 6.07) is 1.33. The summed E-state index contributed by atoms with van der Waals surface area (Å²) in [5, 5.41) is 0. The molecule has 0 aliphatic rings. The molecule has 2 aromatic heterocycles. The standard InChI is InChI=1S/C8H4F3N2.3C4H9.Sn/c9-8(10,11)6-3-7-4-12-1-2-13(7)5-6;3*1-3-4-2;/h1-4H;3*1,3-4H2,2H3;. The van der Waals surface area contributed by atoms with Gasteiger partial charge in [-0.1, -0.05) is 0 Å². The van der Waals surface area contributed by atoms with E-state index in [1.165, 1.54) is 6.07 Å². The summed E-state index contributed by atoms with van der Waals surface area (Å²) < 4.78 is 47.5. The zero-order valence-corrected chi connectivity index (χ0v) is 19.1. The molecule has 26 heavy (non-hydrogen) atoms. The van der Waals surface area contributed by atoms with E-state index in [9.17, 15) is 13.2 Å². The summed E-state index contributed by atoms with van der Waals surface area (Å²) in [5.74, 6) is 0. The van der Waals surface area contributed by atoms with E-state index in [2.05, 4.69) is 25.8 Å². The van der Waals surface area contributed by atoms with Crippen molar-refractivity contribution in [2.75, 3.05) is 0 Å². The normalized spacial score (nSPS) is 12.8. The molecule has 2 aromatic rings. The molecule has 0 saturated heterocycles. The Hall–Kier alpha value is -0.721. The molecule has 2 nitrogen and oxygen atoms in total. The van der Waals surface area contributed by atoms with Crippen LogP contribution in [0, 0.1) is 0 Å². The van der Waals surface area contributed by atoms with Crippen LogP contribution in [0.15, 0.2) is 24.7 Å². The van der Waals surface area contributed by atoms with Crippen molar-refractivity contribution in [3.05, 3.63) is 30.2 Å². The molecular weight excluding hydrogens is 444 g/mol. The van der Waals surface area contributed by atoms with E-state index in [0.29, 0.717) is 9.23 Å². The zero-order chi connectivity index (χ0) is 19.2. The van der Waals surface area contributed by atoms with Gasteiger partial charge in [0, 0.05) is 0 Å². The van der Waals surface area contributed by atoms with Crippen molar-refractivity contribution in [1.82, 2.24) is 9.38 Å². The molecule has 0 spiro atoms. The molecule has 0 aliphatic carbocycles. The number of rotatable bonds is 10. The Bertz CT molecular complexity index is 672. The van der Waals surface area contributed by atoms with E-state index in [1.807, 2.05) is 4.40 Å². The molecular formula is C20H31F3N2Sn. The third-order valence-corrected chi connectivity index (χ3v) is 21.0. The Balaban J connectivity index is 2.71. The van der Waals surface area contributed by atoms with Gasteiger partial charge in [0.25, 0.3) is 0 Å². The number of fused-ring (bicyclic) bond motifs is 1. The Morgan fingerprint density at radius 1 is 0.962 bits per heavy atom. The molecule has 0 aromatic carbocycles. The van der Waals surface area contributed by atoms with E-state index in [1.54, 1.807) is 18.6 Å². The Morgan fingerprint density at radius 3 is 1.96 bits per heavy atom. The molecule has 146 valence electrons. The third-order valence-electron chi connectivity index (χ3n) is 5.41. The zero-order valence-electron chi connectivity index (χ0n) is 16.2. The topological polar surface area (TPSA) is 17.3 Å². The first-order chi connectivity index (χ1) is 12.4. The van der Waals surface area contributed by atoms with Crippen molar-refractivity contribution in [2.45, 2.75) is 78.8 Å². The number of aromatic nitrogens is 2. The monoisotopic (exact) mass is 476 g/mol. The van der Waals surface area contributed by atoms with Crippen LogP contribution in [0.1, 0.15) is 64.9 Å². The third kappa shape index (κ3) is 4.76. The molecule has 0 atom stereocenters. The van der Waals surface area contributed by atoms with Gasteiger partial charge in [-0.2, -0.15) is 0 Å². The van der Waals surface area contributed by atoms with Crippen LogP contribution >= 0.6 is 0 Å². The molecule has 0 amide bonds. The second kappa shape index (κ2) is 9.47. The van der Waals surface area contributed by atoms with Crippen LogP contribution in [0.4, 0.5) is 13.2 Å². The molecule has 0 radical (unpaired) electrons. The van der Waals surface area contributed by atoms with E-state index in [0.717, 1.165) is 51.8 Å². The first-order valence-corrected chi connectivity index (χ1v) is 17.4. The van der Waals surface area contributed by atoms with Crippen LogP contribution in [-0.4, -0.2) is 27.8 Å². The predicted octanol–water partition coefficient (Wildman–Crippen LogP) is 6.41. The molecule has 0 fully saturated rings. The second-order valence-electron chi connectivity index (χ2n) is 7.37. The van der Waals surface area contributed by atoms with Crippen LogP contribution < -0.4 is 3.71 Å². The van der Waals surface area contributed by atoms with Crippen molar-refractivity contribution in [2.24, 2.45) is 0 Å². The summed E-state index contributed by atoms with van der Waals surface area (Å²) >= 11 is -3.24. The molecule has 2 heterocycles. The van der Waals surface area contributed by atoms with Crippen LogP contribution in [-0.2, 0) is 6.18 Å². The average Bonchev–Trinajstić information content (AvgIpc) is 3.02. The molecule has 6 heteroatoms. The number of unbranched alkanes of at least 4 members (excludes halogenated alkanes) is 3. The fourth-order valence-electron chi connectivity index (χ4n) is 4.06. The van der Waals surface area contributed by atoms with Gasteiger partial charge in [-0.3, -0.25) is 0 Å². The number of nitrogens with zero attached hydrogens (tertiary/aromatic N) is 2. The van der Waals surface area contributed by atoms with E-state index < -0.39 is 24.6 Å². The van der Waals surface area contributed by atoms with Crippen LogP contribution in [0.3, 0.4) is 0 Å². The van der Waals surface area contributed by atoms with Gasteiger partial charge in [-0.25, -0.2) is 0 Å². The molecule has 0 saturated carbocycles. The van der Waals surface area contributed by atoms with Gasteiger partial charge in [-0.15, -0.1) is 0 Å². The van der Waals surface area contributed by atoms with Gasteiger partial charge in [0.15, 0.2) is 0 Å². The minimum absolute atomic E-state index is 0.385. The minimum atomic E-state index is -4.30. The van der Waals surface area contributed by atoms with Gasteiger partial charge >= 0.3 is 159 Å². The number of hydrogen-bond donors (Lipinski definition) is 0. The number of hydrogen-bond acceptors (Lipinski definition) is 1. The second-order valence-corrected chi connectivity index (χ2v) is 20.3. The first-order valence-electron chi connectivity index (χ1n) is 9.92. The summed E-state index contributed by atoms with van der Waals surface area (Å²) in [6.45, 7) is 6.42. The van der Waals surface area contributed by atoms with Crippen molar-refractivity contribution >= 4 is 27.6 Å². The number of alkyl halides is 3. The molecule has 0 unspecified atom stereocenters. The van der Waals surface area contributed by atoms with Gasteiger partial charge in [-0.05, 0) is 0 Å². The fourth-order valence-corrected chi connectivity index (χ4v) is 21.3. The van der Waals surface area contributed by atoms with E-state index in [4.69, 9.17) is 0 Å². The number of halogens is 3. The Morgan fingerprint density at radius 2 is 1.50 bits per heavy atom. The van der Waals surface area contributed by atoms with Crippen LogP contribution in [0.2, 0.25) is 13.3 Å². The molecule has 0 aliphatic heterocycles. The molecule has 0 N–H and O–H groups in total. The van der Waals surface area contributed by atoms with Crippen LogP contribution in [0.5, 0.6) is 0 Å². The van der Waals surface area contributed by atoms with Gasteiger partial charge in [0.1, 0.15) is 0 Å². The molecule has 2 rings (SSSR count). The maximum atomic E-state index is 14.0. The van der Waals surface area contributed by atoms with E-state index >= 15 is 0 Å².